The molecule has 92 valence electrons. The van der Waals surface area contributed by atoms with E-state index in [1.54, 1.807) is 21.3 Å². The summed E-state index contributed by atoms with van der Waals surface area (Å²) in [4.78, 5) is 0. The second-order valence-electron chi connectivity index (χ2n) is 3.35. The highest BCUT2D eigenvalue weighted by Gasteiger charge is 2.46. The molecule has 0 spiro atoms. The van der Waals surface area contributed by atoms with Gasteiger partial charge in [-0.1, -0.05) is 6.92 Å². The fourth-order valence-electron chi connectivity index (χ4n) is 1.53. The van der Waals surface area contributed by atoms with Crippen LogP contribution in [0.3, 0.4) is 0 Å². The van der Waals surface area contributed by atoms with Crippen molar-refractivity contribution in [3.05, 3.63) is 0 Å². The lowest BCUT2D eigenvalue weighted by molar-refractivity contribution is 0.103. The summed E-state index contributed by atoms with van der Waals surface area (Å²) in [6.45, 7) is 4.13. The van der Waals surface area contributed by atoms with Crippen LogP contribution >= 0.6 is 0 Å². The van der Waals surface area contributed by atoms with Gasteiger partial charge >= 0.3 is 8.80 Å². The van der Waals surface area contributed by atoms with E-state index in [9.17, 15) is 0 Å². The molecule has 6 heteroatoms. The summed E-state index contributed by atoms with van der Waals surface area (Å²) in [6, 6.07) is 0. The fraction of sp³-hybridized carbons (Fsp3) is 1.00. The Morgan fingerprint density at radius 2 is 1.60 bits per heavy atom. The molecule has 0 aliphatic heterocycles. The Balaban J connectivity index is 4.58. The molecule has 0 fully saturated rings. The Bertz CT molecular complexity index is 159. The van der Waals surface area contributed by atoms with Gasteiger partial charge in [0.2, 0.25) is 0 Å². The van der Waals surface area contributed by atoms with E-state index in [0.717, 1.165) is 6.42 Å². The highest BCUT2D eigenvalue weighted by molar-refractivity contribution is 6.62. The molecule has 0 aliphatic rings. The summed E-state index contributed by atoms with van der Waals surface area (Å²) < 4.78 is 16.3. The molecule has 0 amide bonds. The largest absolute Gasteiger partial charge is 0.518 e. The van der Waals surface area contributed by atoms with Crippen LogP contribution in [0.15, 0.2) is 0 Å². The molecule has 0 aromatic rings. The second kappa shape index (κ2) is 7.32. The van der Waals surface area contributed by atoms with Gasteiger partial charge in [-0.05, 0) is 20.4 Å². The average Bonchev–Trinajstić information content (AvgIpc) is 2.29. The highest BCUT2D eigenvalue weighted by atomic mass is 28.4. The quantitative estimate of drug-likeness (QED) is 0.470. The summed E-state index contributed by atoms with van der Waals surface area (Å²) in [5, 5.41) is 6.50. The average molecular weight is 236 g/mol. The minimum Gasteiger partial charge on any atom is -0.376 e. The van der Waals surface area contributed by atoms with Gasteiger partial charge in [0.15, 0.2) is 0 Å². The lowest BCUT2D eigenvalue weighted by Crippen LogP contribution is -2.63. The number of hydrogen-bond donors (Lipinski definition) is 2. The van der Waals surface area contributed by atoms with Gasteiger partial charge in [-0.2, -0.15) is 0 Å². The van der Waals surface area contributed by atoms with Gasteiger partial charge in [0, 0.05) is 21.3 Å². The normalized spacial score (nSPS) is 16.4. The van der Waals surface area contributed by atoms with Crippen molar-refractivity contribution < 1.29 is 13.3 Å². The van der Waals surface area contributed by atoms with Crippen molar-refractivity contribution in [2.24, 2.45) is 0 Å². The van der Waals surface area contributed by atoms with Crippen molar-refractivity contribution >= 4 is 8.80 Å². The zero-order valence-corrected chi connectivity index (χ0v) is 11.6. The van der Waals surface area contributed by atoms with Crippen molar-refractivity contribution in [2.75, 3.05) is 28.4 Å². The molecule has 0 bridgehead atoms. The molecular formula is C9H24N2O3Si. The Kier molecular flexibility index (Phi) is 7.32. The van der Waals surface area contributed by atoms with Gasteiger partial charge in [0.05, 0.1) is 11.8 Å². The summed E-state index contributed by atoms with van der Waals surface area (Å²) in [5.74, 6) is 0. The molecule has 15 heavy (non-hydrogen) atoms. The van der Waals surface area contributed by atoms with E-state index in [2.05, 4.69) is 17.6 Å². The first kappa shape index (κ1) is 15.0. The SMILES string of the molecule is CCC(NC(C)NC)[Si](OC)(OC)OC. The minimum absolute atomic E-state index is 0.0972. The van der Waals surface area contributed by atoms with Gasteiger partial charge in [-0.25, -0.2) is 0 Å². The standard InChI is InChI=1S/C9H24N2O3Si/c1-7-9(11-8(2)10-3)15(12-4,13-5)14-6/h8-11H,7H2,1-6H3. The predicted molar refractivity (Wildman–Crippen MR) is 62.5 cm³/mol. The second-order valence-corrected chi connectivity index (χ2v) is 6.48. The Morgan fingerprint density at radius 1 is 1.13 bits per heavy atom. The molecule has 0 heterocycles. The molecule has 0 aromatic heterocycles. The van der Waals surface area contributed by atoms with Gasteiger partial charge in [0.25, 0.3) is 0 Å². The maximum atomic E-state index is 5.44. The highest BCUT2D eigenvalue weighted by Crippen LogP contribution is 2.14. The molecule has 0 saturated carbocycles. The lowest BCUT2D eigenvalue weighted by atomic mass is 10.4. The Morgan fingerprint density at radius 3 is 1.87 bits per heavy atom. The summed E-state index contributed by atoms with van der Waals surface area (Å²) in [7, 11) is 4.22. The van der Waals surface area contributed by atoms with Crippen LogP contribution in [0.1, 0.15) is 20.3 Å². The van der Waals surface area contributed by atoms with Crippen LogP contribution in [0.4, 0.5) is 0 Å². The topological polar surface area (TPSA) is 51.8 Å². The van der Waals surface area contributed by atoms with Gasteiger partial charge in [-0.3, -0.25) is 5.32 Å². The summed E-state index contributed by atoms with van der Waals surface area (Å²) in [6.07, 6.45) is 1.09. The van der Waals surface area contributed by atoms with Crippen molar-refractivity contribution in [1.82, 2.24) is 10.6 Å². The van der Waals surface area contributed by atoms with Crippen LogP contribution in [0.25, 0.3) is 0 Å². The zero-order chi connectivity index (χ0) is 11.9. The third kappa shape index (κ3) is 3.82. The van der Waals surface area contributed by atoms with E-state index in [4.69, 9.17) is 13.3 Å². The van der Waals surface area contributed by atoms with Gasteiger partial charge < -0.3 is 18.6 Å². The third-order valence-electron chi connectivity index (χ3n) is 2.57. The van der Waals surface area contributed by atoms with Crippen LogP contribution < -0.4 is 10.6 Å². The Hall–Kier alpha value is 0.0169. The van der Waals surface area contributed by atoms with Crippen LogP contribution in [-0.4, -0.2) is 49.0 Å². The van der Waals surface area contributed by atoms with Crippen LogP contribution in [0.2, 0.25) is 0 Å². The molecule has 0 radical (unpaired) electrons. The molecule has 0 aromatic carbocycles. The number of nitrogens with one attached hydrogen (secondary N) is 2. The molecule has 2 N–H and O–H groups in total. The molecular weight excluding hydrogens is 212 g/mol. The Labute approximate surface area is 93.9 Å². The van der Waals surface area contributed by atoms with Gasteiger partial charge in [-0.15, -0.1) is 0 Å². The molecule has 2 unspecified atom stereocenters. The number of hydrogen-bond acceptors (Lipinski definition) is 5. The first-order chi connectivity index (χ1) is 7.10. The maximum Gasteiger partial charge on any atom is 0.518 e. The van der Waals surface area contributed by atoms with Crippen molar-refractivity contribution in [2.45, 2.75) is 32.1 Å². The fourth-order valence-corrected chi connectivity index (χ4v) is 3.84. The van der Waals surface area contributed by atoms with Crippen LogP contribution in [0, 0.1) is 0 Å². The lowest BCUT2D eigenvalue weighted by Gasteiger charge is -2.34. The molecule has 5 nitrogen and oxygen atoms in total. The van der Waals surface area contributed by atoms with Crippen molar-refractivity contribution in [3.63, 3.8) is 0 Å². The van der Waals surface area contributed by atoms with Crippen molar-refractivity contribution in [1.29, 1.82) is 0 Å². The van der Waals surface area contributed by atoms with Crippen LogP contribution in [-0.2, 0) is 13.3 Å². The van der Waals surface area contributed by atoms with Crippen molar-refractivity contribution in [3.8, 4) is 0 Å². The predicted octanol–water partition coefficient (Wildman–Crippen LogP) is 0.337. The summed E-state index contributed by atoms with van der Waals surface area (Å²) >= 11 is 0. The molecule has 0 saturated heterocycles. The van der Waals surface area contributed by atoms with E-state index in [1.807, 2.05) is 14.0 Å². The molecule has 0 aliphatic carbocycles. The molecule has 0 rings (SSSR count). The van der Waals surface area contributed by atoms with E-state index in [-0.39, 0.29) is 11.8 Å². The first-order valence-electron chi connectivity index (χ1n) is 5.18. The molecule has 2 atom stereocenters. The summed E-state index contributed by atoms with van der Waals surface area (Å²) in [5.41, 5.74) is 0.0972. The first-order valence-corrected chi connectivity index (χ1v) is 6.99. The smallest absolute Gasteiger partial charge is 0.376 e. The third-order valence-corrected chi connectivity index (χ3v) is 5.71. The van der Waals surface area contributed by atoms with E-state index >= 15 is 0 Å². The van der Waals surface area contributed by atoms with E-state index in [1.165, 1.54) is 0 Å². The monoisotopic (exact) mass is 236 g/mol. The zero-order valence-electron chi connectivity index (χ0n) is 10.6. The number of rotatable bonds is 8. The van der Waals surface area contributed by atoms with Gasteiger partial charge in [0.1, 0.15) is 0 Å². The maximum absolute atomic E-state index is 5.44. The van der Waals surface area contributed by atoms with Crippen LogP contribution in [0.5, 0.6) is 0 Å². The van der Waals surface area contributed by atoms with E-state index in [0.29, 0.717) is 0 Å². The van der Waals surface area contributed by atoms with E-state index < -0.39 is 8.80 Å². The minimum atomic E-state index is -2.58.